The van der Waals surface area contributed by atoms with E-state index in [1.54, 1.807) is 21.0 Å². The van der Waals surface area contributed by atoms with E-state index in [9.17, 15) is 9.59 Å². The fraction of sp³-hybridized carbons (Fsp3) is 0.467. The molecule has 0 aromatic heterocycles. The second kappa shape index (κ2) is 8.19. The third kappa shape index (κ3) is 4.57. The molecule has 0 bridgehead atoms. The van der Waals surface area contributed by atoms with Crippen LogP contribution in [0.5, 0.6) is 5.75 Å². The zero-order valence-corrected chi connectivity index (χ0v) is 12.2. The second-order valence-corrected chi connectivity index (χ2v) is 4.37. The minimum absolute atomic E-state index is 0.0457. The molecular weight excluding hydrogens is 256 g/mol. The van der Waals surface area contributed by atoms with Gasteiger partial charge in [0.25, 0.3) is 0 Å². The van der Waals surface area contributed by atoms with Crippen molar-refractivity contribution in [2.75, 3.05) is 13.7 Å². The molecule has 0 heterocycles. The minimum Gasteiger partial charge on any atom is -0.496 e. The van der Waals surface area contributed by atoms with Crippen molar-refractivity contribution in [2.24, 2.45) is 0 Å². The summed E-state index contributed by atoms with van der Waals surface area (Å²) in [4.78, 5) is 23.0. The largest absolute Gasteiger partial charge is 0.496 e. The molecule has 1 atom stereocenters. The van der Waals surface area contributed by atoms with Gasteiger partial charge in [-0.15, -0.1) is 0 Å². The Bertz CT molecular complexity index is 460. The van der Waals surface area contributed by atoms with Gasteiger partial charge >= 0.3 is 0 Å². The first kappa shape index (κ1) is 16.0. The number of methoxy groups -OCH3 is 1. The average Bonchev–Trinajstić information content (AvgIpc) is 2.50. The van der Waals surface area contributed by atoms with Gasteiger partial charge in [-0.2, -0.15) is 0 Å². The van der Waals surface area contributed by atoms with E-state index in [2.05, 4.69) is 10.6 Å². The van der Waals surface area contributed by atoms with Crippen LogP contribution in [0.1, 0.15) is 38.3 Å². The van der Waals surface area contributed by atoms with Crippen LogP contribution in [0, 0.1) is 0 Å². The van der Waals surface area contributed by atoms with Crippen molar-refractivity contribution in [3.05, 3.63) is 29.8 Å². The fourth-order valence-electron chi connectivity index (χ4n) is 1.83. The molecule has 1 aromatic carbocycles. The lowest BCUT2D eigenvalue weighted by Crippen LogP contribution is -2.37. The molecule has 0 fully saturated rings. The molecule has 0 saturated heterocycles. The number of rotatable bonds is 7. The van der Waals surface area contributed by atoms with Crippen LogP contribution in [0.25, 0.3) is 0 Å². The van der Waals surface area contributed by atoms with E-state index in [-0.39, 0.29) is 17.9 Å². The topological polar surface area (TPSA) is 67.4 Å². The first-order valence-corrected chi connectivity index (χ1v) is 6.81. The predicted octanol–water partition coefficient (Wildman–Crippen LogP) is 1.79. The van der Waals surface area contributed by atoms with Gasteiger partial charge in [0.15, 0.2) is 0 Å². The first-order chi connectivity index (χ1) is 9.62. The van der Waals surface area contributed by atoms with Crippen LogP contribution in [0.3, 0.4) is 0 Å². The molecule has 110 valence electrons. The smallest absolute Gasteiger partial charge is 0.220 e. The normalized spacial score (nSPS) is 11.6. The summed E-state index contributed by atoms with van der Waals surface area (Å²) in [5, 5.41) is 5.71. The van der Waals surface area contributed by atoms with Crippen molar-refractivity contribution in [3.63, 3.8) is 0 Å². The maximum atomic E-state index is 11.6. The Morgan fingerprint density at radius 1 is 1.15 bits per heavy atom. The molecule has 0 radical (unpaired) electrons. The summed E-state index contributed by atoms with van der Waals surface area (Å²) in [6.07, 6.45) is 0.813. The van der Waals surface area contributed by atoms with Gasteiger partial charge in [0.2, 0.25) is 11.8 Å². The molecule has 0 spiro atoms. The Labute approximate surface area is 119 Å². The summed E-state index contributed by atoms with van der Waals surface area (Å²) >= 11 is 0. The Morgan fingerprint density at radius 2 is 1.80 bits per heavy atom. The fourth-order valence-corrected chi connectivity index (χ4v) is 1.83. The number of carbonyl (C=O) groups is 2. The number of benzene rings is 1. The predicted molar refractivity (Wildman–Crippen MR) is 77.5 cm³/mol. The third-order valence-corrected chi connectivity index (χ3v) is 3.00. The number of ether oxygens (including phenoxy) is 1. The zero-order valence-electron chi connectivity index (χ0n) is 12.2. The van der Waals surface area contributed by atoms with Gasteiger partial charge < -0.3 is 15.4 Å². The molecule has 1 rings (SSSR count). The average molecular weight is 278 g/mol. The lowest BCUT2D eigenvalue weighted by molar-refractivity contribution is -0.123. The van der Waals surface area contributed by atoms with Gasteiger partial charge in [0.1, 0.15) is 5.75 Å². The van der Waals surface area contributed by atoms with Crippen molar-refractivity contribution in [1.29, 1.82) is 0 Å². The first-order valence-electron chi connectivity index (χ1n) is 6.81. The van der Waals surface area contributed by atoms with Crippen molar-refractivity contribution in [1.82, 2.24) is 10.6 Å². The summed E-state index contributed by atoms with van der Waals surface area (Å²) in [6.45, 7) is 3.93. The van der Waals surface area contributed by atoms with Crippen molar-refractivity contribution in [3.8, 4) is 5.75 Å². The van der Waals surface area contributed by atoms with Crippen LogP contribution in [-0.4, -0.2) is 25.5 Å². The number of hydrogen-bond donors (Lipinski definition) is 2. The monoisotopic (exact) mass is 278 g/mol. The molecule has 5 nitrogen and oxygen atoms in total. The van der Waals surface area contributed by atoms with E-state index in [1.807, 2.05) is 24.3 Å². The van der Waals surface area contributed by atoms with E-state index >= 15 is 0 Å². The maximum absolute atomic E-state index is 11.6. The van der Waals surface area contributed by atoms with E-state index < -0.39 is 0 Å². The van der Waals surface area contributed by atoms with Gasteiger partial charge in [-0.1, -0.05) is 32.0 Å². The van der Waals surface area contributed by atoms with Crippen LogP contribution in [0.15, 0.2) is 24.3 Å². The molecule has 0 saturated carbocycles. The number of hydrogen-bond acceptors (Lipinski definition) is 3. The van der Waals surface area contributed by atoms with Crippen molar-refractivity contribution < 1.29 is 14.3 Å². The van der Waals surface area contributed by atoms with E-state index in [0.717, 1.165) is 5.56 Å². The van der Waals surface area contributed by atoms with Crippen LogP contribution in [-0.2, 0) is 9.59 Å². The molecule has 1 unspecified atom stereocenters. The van der Waals surface area contributed by atoms with Gasteiger partial charge in [-0.05, 0) is 6.07 Å². The maximum Gasteiger partial charge on any atom is 0.220 e. The van der Waals surface area contributed by atoms with Crippen LogP contribution < -0.4 is 15.4 Å². The van der Waals surface area contributed by atoms with Crippen molar-refractivity contribution >= 4 is 11.8 Å². The second-order valence-electron chi connectivity index (χ2n) is 4.37. The van der Waals surface area contributed by atoms with Gasteiger partial charge in [-0.3, -0.25) is 9.59 Å². The number of amides is 2. The van der Waals surface area contributed by atoms with Crippen LogP contribution in [0.4, 0.5) is 0 Å². The highest BCUT2D eigenvalue weighted by molar-refractivity contribution is 5.77. The molecular formula is C15H22N2O3. The van der Waals surface area contributed by atoms with Gasteiger partial charge in [0, 0.05) is 24.9 Å². The highest BCUT2D eigenvalue weighted by Crippen LogP contribution is 2.24. The molecule has 20 heavy (non-hydrogen) atoms. The SMILES string of the molecule is CCC(=O)NCC(NC(=O)CC)c1ccccc1OC. The summed E-state index contributed by atoms with van der Waals surface area (Å²) in [5.41, 5.74) is 0.855. The van der Waals surface area contributed by atoms with E-state index in [1.165, 1.54) is 0 Å². The van der Waals surface area contributed by atoms with E-state index in [0.29, 0.717) is 25.1 Å². The Balaban J connectivity index is 2.90. The molecule has 1 aromatic rings. The van der Waals surface area contributed by atoms with Crippen molar-refractivity contribution in [2.45, 2.75) is 32.7 Å². The van der Waals surface area contributed by atoms with Gasteiger partial charge in [0.05, 0.1) is 13.2 Å². The Kier molecular flexibility index (Phi) is 6.56. The summed E-state index contributed by atoms with van der Waals surface area (Å²) in [7, 11) is 1.59. The third-order valence-electron chi connectivity index (χ3n) is 3.00. The van der Waals surface area contributed by atoms with Gasteiger partial charge in [-0.25, -0.2) is 0 Å². The molecule has 2 amide bonds. The number of para-hydroxylation sites is 1. The molecule has 2 N–H and O–H groups in total. The Hall–Kier alpha value is -2.04. The molecule has 0 aliphatic carbocycles. The molecule has 0 aliphatic rings. The standard InChI is InChI=1S/C15H22N2O3/c1-4-14(18)16-10-12(17-15(19)5-2)11-8-6-7-9-13(11)20-3/h6-9,12H,4-5,10H2,1-3H3,(H,16,18)(H,17,19). The lowest BCUT2D eigenvalue weighted by Gasteiger charge is -2.21. The molecule has 5 heteroatoms. The number of carbonyl (C=O) groups excluding carboxylic acids is 2. The summed E-state index contributed by atoms with van der Waals surface area (Å²) < 4.78 is 5.31. The highest BCUT2D eigenvalue weighted by Gasteiger charge is 2.18. The molecule has 0 aliphatic heterocycles. The van der Waals surface area contributed by atoms with E-state index in [4.69, 9.17) is 4.74 Å². The summed E-state index contributed by atoms with van der Waals surface area (Å²) in [6, 6.07) is 7.17. The van der Waals surface area contributed by atoms with Crippen LogP contribution >= 0.6 is 0 Å². The quantitative estimate of drug-likeness (QED) is 0.799. The zero-order chi connectivity index (χ0) is 15.0. The highest BCUT2D eigenvalue weighted by atomic mass is 16.5. The minimum atomic E-state index is -0.297. The lowest BCUT2D eigenvalue weighted by atomic mass is 10.1. The van der Waals surface area contributed by atoms with Crippen LogP contribution in [0.2, 0.25) is 0 Å². The Morgan fingerprint density at radius 3 is 2.40 bits per heavy atom. The number of nitrogens with one attached hydrogen (secondary N) is 2. The summed E-state index contributed by atoms with van der Waals surface area (Å²) in [5.74, 6) is 0.585.